The van der Waals surface area contributed by atoms with Crippen LogP contribution < -0.4 is 5.73 Å². The molecule has 0 aliphatic carbocycles. The van der Waals surface area contributed by atoms with Crippen LogP contribution in [0.2, 0.25) is 0 Å². The van der Waals surface area contributed by atoms with E-state index in [9.17, 15) is 4.39 Å². The first-order valence-corrected chi connectivity index (χ1v) is 7.03. The van der Waals surface area contributed by atoms with Crippen molar-refractivity contribution in [2.75, 3.05) is 0 Å². The maximum absolute atomic E-state index is 13.2. The first-order chi connectivity index (χ1) is 10.0. The minimum Gasteiger partial charge on any atom is -0.459 e. The summed E-state index contributed by atoms with van der Waals surface area (Å²) < 4.78 is 18.9. The third-order valence-electron chi connectivity index (χ3n) is 3.60. The van der Waals surface area contributed by atoms with E-state index in [2.05, 4.69) is 32.0 Å². The summed E-state index contributed by atoms with van der Waals surface area (Å²) in [6, 6.07) is 12.5. The molecule has 1 aromatic heterocycles. The van der Waals surface area contributed by atoms with Crippen LogP contribution in [0.3, 0.4) is 0 Å². The number of aryl methyl sites for hydroxylation is 2. The van der Waals surface area contributed by atoms with Crippen LogP contribution in [0.25, 0.3) is 11.0 Å². The van der Waals surface area contributed by atoms with Crippen molar-refractivity contribution in [2.24, 2.45) is 5.73 Å². The summed E-state index contributed by atoms with van der Waals surface area (Å²) >= 11 is 0. The molecule has 108 valence electrons. The molecule has 3 rings (SSSR count). The smallest absolute Gasteiger partial charge is 0.134 e. The minimum absolute atomic E-state index is 0.235. The van der Waals surface area contributed by atoms with Crippen LogP contribution in [0.1, 0.15) is 28.5 Å². The predicted molar refractivity (Wildman–Crippen MR) is 82.7 cm³/mol. The van der Waals surface area contributed by atoms with E-state index in [0.29, 0.717) is 17.8 Å². The van der Waals surface area contributed by atoms with Gasteiger partial charge in [-0.05, 0) is 50.1 Å². The van der Waals surface area contributed by atoms with Crippen LogP contribution in [0.5, 0.6) is 0 Å². The van der Waals surface area contributed by atoms with Crippen molar-refractivity contribution < 1.29 is 8.81 Å². The molecule has 2 nitrogen and oxygen atoms in total. The Morgan fingerprint density at radius 1 is 1.05 bits per heavy atom. The van der Waals surface area contributed by atoms with Gasteiger partial charge >= 0.3 is 0 Å². The molecule has 0 spiro atoms. The Kier molecular flexibility index (Phi) is 3.52. The van der Waals surface area contributed by atoms with Crippen molar-refractivity contribution in [2.45, 2.75) is 26.3 Å². The monoisotopic (exact) mass is 283 g/mol. The summed E-state index contributed by atoms with van der Waals surface area (Å²) in [5.41, 5.74) is 10.5. The minimum atomic E-state index is -0.266. The molecule has 3 aromatic rings. The van der Waals surface area contributed by atoms with Crippen molar-refractivity contribution >= 4 is 11.0 Å². The van der Waals surface area contributed by atoms with E-state index in [1.807, 2.05) is 6.07 Å². The summed E-state index contributed by atoms with van der Waals surface area (Å²) in [5.74, 6) is 0.424. The van der Waals surface area contributed by atoms with Gasteiger partial charge in [-0.25, -0.2) is 4.39 Å². The lowest BCUT2D eigenvalue weighted by Gasteiger charge is -2.10. The zero-order chi connectivity index (χ0) is 15.0. The maximum Gasteiger partial charge on any atom is 0.134 e. The van der Waals surface area contributed by atoms with E-state index in [1.165, 1.54) is 28.8 Å². The molecule has 0 radical (unpaired) electrons. The van der Waals surface area contributed by atoms with E-state index in [1.54, 1.807) is 6.07 Å². The number of hydrogen-bond acceptors (Lipinski definition) is 2. The fourth-order valence-corrected chi connectivity index (χ4v) is 2.76. The lowest BCUT2D eigenvalue weighted by atomic mass is 10.0. The Labute approximate surface area is 123 Å². The molecule has 0 aliphatic rings. The summed E-state index contributed by atoms with van der Waals surface area (Å²) in [6.45, 7) is 4.15. The lowest BCUT2D eigenvalue weighted by molar-refractivity contribution is 0.493. The quantitative estimate of drug-likeness (QED) is 0.772. The second-order valence-corrected chi connectivity index (χ2v) is 5.64. The van der Waals surface area contributed by atoms with Crippen LogP contribution in [0.4, 0.5) is 4.39 Å². The van der Waals surface area contributed by atoms with Gasteiger partial charge in [0.1, 0.15) is 17.2 Å². The number of nitrogens with two attached hydrogens (primary N) is 1. The second kappa shape index (κ2) is 5.34. The summed E-state index contributed by atoms with van der Waals surface area (Å²) in [6.07, 6.45) is 0.699. The SMILES string of the molecule is Cc1cc(C)cc(CC(N)c2cc3cc(F)ccc3o2)c1. The third-order valence-corrected chi connectivity index (χ3v) is 3.60. The summed E-state index contributed by atoms with van der Waals surface area (Å²) in [5, 5.41) is 0.751. The normalized spacial score (nSPS) is 12.8. The second-order valence-electron chi connectivity index (χ2n) is 5.64. The van der Waals surface area contributed by atoms with E-state index in [0.717, 1.165) is 5.39 Å². The molecule has 0 saturated carbocycles. The Morgan fingerprint density at radius 2 is 1.76 bits per heavy atom. The molecule has 0 amide bonds. The zero-order valence-electron chi connectivity index (χ0n) is 12.2. The Hall–Kier alpha value is -2.13. The molecule has 2 N–H and O–H groups in total. The number of hydrogen-bond donors (Lipinski definition) is 1. The van der Waals surface area contributed by atoms with Gasteiger partial charge in [0.15, 0.2) is 0 Å². The van der Waals surface area contributed by atoms with Gasteiger partial charge in [0.2, 0.25) is 0 Å². The molecule has 0 fully saturated rings. The molecule has 1 atom stereocenters. The molecule has 1 unspecified atom stereocenters. The van der Waals surface area contributed by atoms with Gasteiger partial charge in [-0.15, -0.1) is 0 Å². The number of benzene rings is 2. The van der Waals surface area contributed by atoms with Crippen molar-refractivity contribution in [3.63, 3.8) is 0 Å². The van der Waals surface area contributed by atoms with Gasteiger partial charge in [0, 0.05) is 5.39 Å². The van der Waals surface area contributed by atoms with Gasteiger partial charge in [0.05, 0.1) is 6.04 Å². The fraction of sp³-hybridized carbons (Fsp3) is 0.222. The topological polar surface area (TPSA) is 39.2 Å². The van der Waals surface area contributed by atoms with Gasteiger partial charge in [-0.2, -0.15) is 0 Å². The highest BCUT2D eigenvalue weighted by Crippen LogP contribution is 2.26. The largest absolute Gasteiger partial charge is 0.459 e. The predicted octanol–water partition coefficient (Wildman–Crippen LogP) is 4.43. The molecule has 21 heavy (non-hydrogen) atoms. The lowest BCUT2D eigenvalue weighted by Crippen LogP contribution is -2.12. The first-order valence-electron chi connectivity index (χ1n) is 7.03. The van der Waals surface area contributed by atoms with Gasteiger partial charge in [-0.1, -0.05) is 29.3 Å². The molecular formula is C18H18FNO. The van der Waals surface area contributed by atoms with Gasteiger partial charge < -0.3 is 10.2 Å². The number of furan rings is 1. The average Bonchev–Trinajstić information content (AvgIpc) is 2.80. The molecule has 0 saturated heterocycles. The van der Waals surface area contributed by atoms with Crippen LogP contribution in [0, 0.1) is 19.7 Å². The Morgan fingerprint density at radius 3 is 2.48 bits per heavy atom. The highest BCUT2D eigenvalue weighted by molar-refractivity contribution is 5.78. The van der Waals surface area contributed by atoms with E-state index in [4.69, 9.17) is 10.2 Å². The molecule has 3 heteroatoms. The van der Waals surface area contributed by atoms with E-state index < -0.39 is 0 Å². The van der Waals surface area contributed by atoms with E-state index >= 15 is 0 Å². The van der Waals surface area contributed by atoms with Crippen LogP contribution in [0.15, 0.2) is 46.9 Å². The molecule has 0 aliphatic heterocycles. The summed E-state index contributed by atoms with van der Waals surface area (Å²) in [4.78, 5) is 0. The highest BCUT2D eigenvalue weighted by Gasteiger charge is 2.13. The first kappa shape index (κ1) is 13.8. The van der Waals surface area contributed by atoms with Crippen LogP contribution in [-0.4, -0.2) is 0 Å². The number of halogens is 1. The standard InChI is InChI=1S/C18H18FNO/c1-11-5-12(2)7-13(6-11)8-16(20)18-10-14-9-15(19)3-4-17(14)21-18/h3-7,9-10,16H,8,20H2,1-2H3. The Balaban J connectivity index is 1.87. The maximum atomic E-state index is 13.2. The average molecular weight is 283 g/mol. The van der Waals surface area contributed by atoms with Crippen molar-refractivity contribution in [1.82, 2.24) is 0 Å². The van der Waals surface area contributed by atoms with Crippen molar-refractivity contribution in [3.8, 4) is 0 Å². The molecule has 2 aromatic carbocycles. The van der Waals surface area contributed by atoms with E-state index in [-0.39, 0.29) is 11.9 Å². The summed E-state index contributed by atoms with van der Waals surface area (Å²) in [7, 11) is 0. The fourth-order valence-electron chi connectivity index (χ4n) is 2.76. The molecule has 1 heterocycles. The highest BCUT2D eigenvalue weighted by atomic mass is 19.1. The number of rotatable bonds is 3. The third kappa shape index (κ3) is 2.98. The zero-order valence-corrected chi connectivity index (χ0v) is 12.2. The molecule has 0 bridgehead atoms. The van der Waals surface area contributed by atoms with Crippen LogP contribution >= 0.6 is 0 Å². The van der Waals surface area contributed by atoms with Gasteiger partial charge in [-0.3, -0.25) is 0 Å². The molecular weight excluding hydrogens is 265 g/mol. The van der Waals surface area contributed by atoms with Crippen molar-refractivity contribution in [1.29, 1.82) is 0 Å². The van der Waals surface area contributed by atoms with Gasteiger partial charge in [0.25, 0.3) is 0 Å². The van der Waals surface area contributed by atoms with Crippen LogP contribution in [-0.2, 0) is 6.42 Å². The number of fused-ring (bicyclic) bond motifs is 1. The Bertz CT molecular complexity index is 771. The van der Waals surface area contributed by atoms with Crippen molar-refractivity contribution in [3.05, 3.63) is 70.7 Å².